The first-order valence-electron chi connectivity index (χ1n) is 6.05. The Balaban J connectivity index is 2.25. The predicted molar refractivity (Wildman–Crippen MR) is 74.9 cm³/mol. The van der Waals surface area contributed by atoms with Crippen molar-refractivity contribution in [3.63, 3.8) is 0 Å². The Hall–Kier alpha value is -2.14. The van der Waals surface area contributed by atoms with E-state index in [9.17, 15) is 9.59 Å². The van der Waals surface area contributed by atoms with Gasteiger partial charge < -0.3 is 5.32 Å². The summed E-state index contributed by atoms with van der Waals surface area (Å²) in [5.74, 6) is -0.334. The Bertz CT molecular complexity index is 441. The zero-order chi connectivity index (χ0) is 14.1. The third-order valence-electron chi connectivity index (χ3n) is 2.23. The fraction of sp³-hybridized carbons (Fsp3) is 0.286. The molecule has 1 rings (SSSR count). The van der Waals surface area contributed by atoms with E-state index in [4.69, 9.17) is 0 Å². The van der Waals surface area contributed by atoms with Crippen molar-refractivity contribution < 1.29 is 9.59 Å². The lowest BCUT2D eigenvalue weighted by Crippen LogP contribution is -2.38. The molecule has 2 N–H and O–H groups in total. The number of hydrogen-bond acceptors (Lipinski definition) is 3. The molecule has 0 aliphatic carbocycles. The number of carbonyl (C=O) groups is 2. The van der Waals surface area contributed by atoms with Crippen LogP contribution >= 0.6 is 0 Å². The first-order chi connectivity index (χ1) is 9.08. The fourth-order valence-electron chi connectivity index (χ4n) is 1.40. The summed E-state index contributed by atoms with van der Waals surface area (Å²) >= 11 is 0. The van der Waals surface area contributed by atoms with Crippen LogP contribution in [0.1, 0.15) is 12.0 Å². The molecule has 2 amide bonds. The molecular weight excluding hydrogens is 242 g/mol. The van der Waals surface area contributed by atoms with Crippen LogP contribution in [0, 0.1) is 0 Å². The number of carbonyl (C=O) groups excluding carboxylic acids is 2. The summed E-state index contributed by atoms with van der Waals surface area (Å²) in [5, 5.41) is 4.22. The summed E-state index contributed by atoms with van der Waals surface area (Å²) in [6.07, 6.45) is 3.44. The van der Waals surface area contributed by atoms with Gasteiger partial charge in [-0.1, -0.05) is 30.3 Å². The normalized spacial score (nSPS) is 10.7. The second kappa shape index (κ2) is 8.05. The number of hydrogen-bond donors (Lipinski definition) is 2. The number of rotatable bonds is 6. The number of amides is 2. The minimum atomic E-state index is -0.207. The molecule has 0 atom stereocenters. The molecule has 1 aromatic rings. The number of nitrogens with one attached hydrogen (secondary N) is 2. The van der Waals surface area contributed by atoms with Gasteiger partial charge in [0.25, 0.3) is 0 Å². The van der Waals surface area contributed by atoms with Crippen molar-refractivity contribution in [2.75, 3.05) is 20.6 Å². The largest absolute Gasteiger partial charge is 0.352 e. The second-order valence-corrected chi connectivity index (χ2v) is 4.21. The SMILES string of the molecule is CN(C)NC(=O)CCNC(=O)/C=C/c1ccccc1. The molecule has 0 aromatic heterocycles. The van der Waals surface area contributed by atoms with E-state index in [2.05, 4.69) is 10.7 Å². The van der Waals surface area contributed by atoms with Crippen molar-refractivity contribution in [2.45, 2.75) is 6.42 Å². The summed E-state index contributed by atoms with van der Waals surface area (Å²) in [6.45, 7) is 0.317. The Morgan fingerprint density at radius 2 is 1.89 bits per heavy atom. The van der Waals surface area contributed by atoms with Gasteiger partial charge in [0.2, 0.25) is 11.8 Å². The van der Waals surface area contributed by atoms with E-state index in [1.54, 1.807) is 25.2 Å². The molecule has 0 bridgehead atoms. The molecule has 102 valence electrons. The van der Waals surface area contributed by atoms with Crippen molar-refractivity contribution in [3.05, 3.63) is 42.0 Å². The van der Waals surface area contributed by atoms with Crippen LogP contribution in [0.2, 0.25) is 0 Å². The maximum absolute atomic E-state index is 11.5. The number of nitrogens with zero attached hydrogens (tertiary/aromatic N) is 1. The Morgan fingerprint density at radius 3 is 2.53 bits per heavy atom. The van der Waals surface area contributed by atoms with Gasteiger partial charge in [-0.25, -0.2) is 5.01 Å². The van der Waals surface area contributed by atoms with Crippen molar-refractivity contribution >= 4 is 17.9 Å². The van der Waals surface area contributed by atoms with Gasteiger partial charge in [0.05, 0.1) is 0 Å². The lowest BCUT2D eigenvalue weighted by molar-refractivity contribution is -0.124. The molecule has 5 nitrogen and oxygen atoms in total. The van der Waals surface area contributed by atoms with E-state index < -0.39 is 0 Å². The zero-order valence-electron chi connectivity index (χ0n) is 11.2. The highest BCUT2D eigenvalue weighted by molar-refractivity contribution is 5.91. The maximum Gasteiger partial charge on any atom is 0.244 e. The summed E-state index contributed by atoms with van der Waals surface area (Å²) in [4.78, 5) is 22.8. The van der Waals surface area contributed by atoms with Gasteiger partial charge in [0.15, 0.2) is 0 Å². The number of benzene rings is 1. The molecule has 0 heterocycles. The van der Waals surface area contributed by atoms with E-state index >= 15 is 0 Å². The first-order valence-corrected chi connectivity index (χ1v) is 6.05. The summed E-state index contributed by atoms with van der Waals surface area (Å²) in [5.41, 5.74) is 3.56. The molecule has 0 fully saturated rings. The van der Waals surface area contributed by atoms with Gasteiger partial charge in [0, 0.05) is 33.1 Å². The molecule has 0 aliphatic heterocycles. The van der Waals surface area contributed by atoms with E-state index in [-0.39, 0.29) is 18.2 Å². The second-order valence-electron chi connectivity index (χ2n) is 4.21. The van der Waals surface area contributed by atoms with Crippen molar-refractivity contribution in [2.24, 2.45) is 0 Å². The van der Waals surface area contributed by atoms with Crippen LogP contribution in [-0.2, 0) is 9.59 Å². The Morgan fingerprint density at radius 1 is 1.21 bits per heavy atom. The maximum atomic E-state index is 11.5. The molecule has 19 heavy (non-hydrogen) atoms. The molecule has 0 spiro atoms. The molecule has 0 saturated carbocycles. The average molecular weight is 261 g/mol. The van der Waals surface area contributed by atoms with Gasteiger partial charge in [-0.3, -0.25) is 15.0 Å². The van der Waals surface area contributed by atoms with Crippen LogP contribution in [-0.4, -0.2) is 37.5 Å². The average Bonchev–Trinajstić information content (AvgIpc) is 2.36. The smallest absolute Gasteiger partial charge is 0.244 e. The molecule has 1 aromatic carbocycles. The van der Waals surface area contributed by atoms with Crippen molar-refractivity contribution in [3.8, 4) is 0 Å². The lowest BCUT2D eigenvalue weighted by Gasteiger charge is -2.11. The highest BCUT2D eigenvalue weighted by Crippen LogP contribution is 2.00. The first kappa shape index (κ1) is 14.9. The van der Waals surface area contributed by atoms with Gasteiger partial charge in [-0.2, -0.15) is 0 Å². The van der Waals surface area contributed by atoms with Gasteiger partial charge in [0.1, 0.15) is 0 Å². The number of hydrazine groups is 1. The molecule has 0 aliphatic rings. The fourth-order valence-corrected chi connectivity index (χ4v) is 1.40. The Kier molecular flexibility index (Phi) is 6.32. The van der Waals surface area contributed by atoms with Crippen LogP contribution in [0.3, 0.4) is 0 Å². The van der Waals surface area contributed by atoms with Crippen LogP contribution in [0.4, 0.5) is 0 Å². The van der Waals surface area contributed by atoms with E-state index in [1.807, 2.05) is 30.3 Å². The topological polar surface area (TPSA) is 61.4 Å². The quantitative estimate of drug-likeness (QED) is 0.588. The van der Waals surface area contributed by atoms with Crippen LogP contribution in [0.25, 0.3) is 6.08 Å². The summed E-state index contributed by atoms with van der Waals surface area (Å²) < 4.78 is 0. The van der Waals surface area contributed by atoms with E-state index in [1.165, 1.54) is 6.08 Å². The van der Waals surface area contributed by atoms with E-state index in [0.717, 1.165) is 5.56 Å². The molecule has 0 saturated heterocycles. The van der Waals surface area contributed by atoms with E-state index in [0.29, 0.717) is 6.54 Å². The molecule has 0 radical (unpaired) electrons. The third-order valence-corrected chi connectivity index (χ3v) is 2.23. The van der Waals surface area contributed by atoms with Crippen molar-refractivity contribution in [1.82, 2.24) is 15.8 Å². The minimum Gasteiger partial charge on any atom is -0.352 e. The van der Waals surface area contributed by atoms with Crippen LogP contribution in [0.5, 0.6) is 0 Å². The molecule has 5 heteroatoms. The highest BCUT2D eigenvalue weighted by atomic mass is 16.2. The van der Waals surface area contributed by atoms with Gasteiger partial charge >= 0.3 is 0 Å². The molecular formula is C14H19N3O2. The third kappa shape index (κ3) is 7.00. The summed E-state index contributed by atoms with van der Waals surface area (Å²) in [6, 6.07) is 9.55. The standard InChI is InChI=1S/C14H19N3O2/c1-17(2)16-14(19)10-11-15-13(18)9-8-12-6-4-3-5-7-12/h3-9H,10-11H2,1-2H3,(H,15,18)(H,16,19)/b9-8+. The summed E-state index contributed by atoms with van der Waals surface area (Å²) in [7, 11) is 3.47. The monoisotopic (exact) mass is 261 g/mol. The van der Waals surface area contributed by atoms with Crippen LogP contribution < -0.4 is 10.7 Å². The predicted octanol–water partition coefficient (Wildman–Crippen LogP) is 0.799. The lowest BCUT2D eigenvalue weighted by atomic mass is 10.2. The minimum absolute atomic E-state index is 0.127. The zero-order valence-corrected chi connectivity index (χ0v) is 11.2. The highest BCUT2D eigenvalue weighted by Gasteiger charge is 2.02. The van der Waals surface area contributed by atoms with Gasteiger partial charge in [-0.05, 0) is 11.6 Å². The van der Waals surface area contributed by atoms with Crippen molar-refractivity contribution in [1.29, 1.82) is 0 Å². The van der Waals surface area contributed by atoms with Gasteiger partial charge in [-0.15, -0.1) is 0 Å². The van der Waals surface area contributed by atoms with Crippen LogP contribution in [0.15, 0.2) is 36.4 Å². The molecule has 0 unspecified atom stereocenters. The Labute approximate surface area is 113 Å².